The van der Waals surface area contributed by atoms with Gasteiger partial charge in [-0.15, -0.1) is 0 Å². The molecule has 2 nitrogen and oxygen atoms in total. The van der Waals surface area contributed by atoms with Crippen LogP contribution >= 0.6 is 0 Å². The van der Waals surface area contributed by atoms with Crippen molar-refractivity contribution in [1.29, 1.82) is 0 Å². The van der Waals surface area contributed by atoms with Gasteiger partial charge in [-0.3, -0.25) is 4.79 Å². The maximum absolute atomic E-state index is 12.4. The number of hydrogen-bond acceptors (Lipinski definition) is 1. The number of hydrogen-bond donors (Lipinski definition) is 0. The molecule has 0 radical (unpaired) electrons. The summed E-state index contributed by atoms with van der Waals surface area (Å²) >= 11 is 0. The highest BCUT2D eigenvalue weighted by Crippen LogP contribution is 2.35. The monoisotopic (exact) mass is 268 g/mol. The lowest BCUT2D eigenvalue weighted by molar-refractivity contribution is -0.125. The van der Waals surface area contributed by atoms with Gasteiger partial charge in [0.25, 0.3) is 0 Å². The molecule has 2 fully saturated rings. The van der Waals surface area contributed by atoms with Gasteiger partial charge in [0.15, 0.2) is 0 Å². The average molecular weight is 268 g/mol. The molecule has 0 saturated heterocycles. The SMILES string of the molecule is CCC(CC(=O)C1CCCCC1)C1CCCCC1.O. The van der Waals surface area contributed by atoms with Crippen LogP contribution in [0.5, 0.6) is 0 Å². The molecular formula is C17H32O2. The summed E-state index contributed by atoms with van der Waals surface area (Å²) in [6, 6.07) is 0. The van der Waals surface area contributed by atoms with Crippen molar-refractivity contribution in [2.45, 2.75) is 84.0 Å². The molecule has 2 saturated carbocycles. The van der Waals surface area contributed by atoms with Crippen molar-refractivity contribution in [3.8, 4) is 0 Å². The van der Waals surface area contributed by atoms with E-state index >= 15 is 0 Å². The molecule has 2 rings (SSSR count). The molecule has 19 heavy (non-hydrogen) atoms. The predicted octanol–water partition coefficient (Wildman–Crippen LogP) is 4.31. The van der Waals surface area contributed by atoms with Crippen LogP contribution < -0.4 is 0 Å². The van der Waals surface area contributed by atoms with Gasteiger partial charge in [0.1, 0.15) is 5.78 Å². The number of ketones is 1. The Hall–Kier alpha value is -0.370. The van der Waals surface area contributed by atoms with Crippen LogP contribution in [0.25, 0.3) is 0 Å². The van der Waals surface area contributed by atoms with Gasteiger partial charge in [-0.2, -0.15) is 0 Å². The van der Waals surface area contributed by atoms with Crippen molar-refractivity contribution in [2.24, 2.45) is 17.8 Å². The standard InChI is InChI=1S/C17H30O.H2O/c1-2-14(15-9-5-3-6-10-15)13-17(18)16-11-7-4-8-12-16;/h14-16H,2-13H2,1H3;1H2. The Morgan fingerprint density at radius 2 is 1.47 bits per heavy atom. The van der Waals surface area contributed by atoms with E-state index in [0.717, 1.165) is 12.3 Å². The Kier molecular flexibility index (Phi) is 7.67. The van der Waals surface area contributed by atoms with Crippen molar-refractivity contribution < 1.29 is 10.3 Å². The lowest BCUT2D eigenvalue weighted by atomic mass is 9.74. The van der Waals surface area contributed by atoms with Crippen LogP contribution in [-0.2, 0) is 4.79 Å². The summed E-state index contributed by atoms with van der Waals surface area (Å²) in [5.74, 6) is 2.58. The zero-order valence-corrected chi connectivity index (χ0v) is 12.6. The molecule has 0 heterocycles. The van der Waals surface area contributed by atoms with E-state index in [9.17, 15) is 4.79 Å². The fourth-order valence-corrected chi connectivity index (χ4v) is 4.10. The molecule has 2 heteroatoms. The highest BCUT2D eigenvalue weighted by Gasteiger charge is 2.28. The minimum Gasteiger partial charge on any atom is -0.412 e. The van der Waals surface area contributed by atoms with Crippen LogP contribution in [0.2, 0.25) is 0 Å². The first-order valence-electron chi connectivity index (χ1n) is 8.34. The maximum atomic E-state index is 12.4. The first-order valence-corrected chi connectivity index (χ1v) is 8.34. The van der Waals surface area contributed by atoms with Crippen LogP contribution in [0.4, 0.5) is 0 Å². The van der Waals surface area contributed by atoms with E-state index in [-0.39, 0.29) is 5.48 Å². The molecule has 0 aromatic heterocycles. The molecule has 1 unspecified atom stereocenters. The number of Topliss-reactive ketones (excluding diaryl/α,β-unsaturated/α-hetero) is 1. The third-order valence-electron chi connectivity index (χ3n) is 5.36. The fourth-order valence-electron chi connectivity index (χ4n) is 4.10. The summed E-state index contributed by atoms with van der Waals surface area (Å²) in [6.45, 7) is 2.29. The fraction of sp³-hybridized carbons (Fsp3) is 0.941. The summed E-state index contributed by atoms with van der Waals surface area (Å²) < 4.78 is 0. The second kappa shape index (κ2) is 8.73. The van der Waals surface area contributed by atoms with Crippen LogP contribution in [0.3, 0.4) is 0 Å². The second-order valence-electron chi connectivity index (χ2n) is 6.57. The Labute approximate surface area is 118 Å². The summed E-state index contributed by atoms with van der Waals surface area (Å²) in [4.78, 5) is 12.4. The molecule has 0 aromatic rings. The predicted molar refractivity (Wildman–Crippen MR) is 80.2 cm³/mol. The maximum Gasteiger partial charge on any atom is 0.136 e. The highest BCUT2D eigenvalue weighted by atomic mass is 16.1. The van der Waals surface area contributed by atoms with Gasteiger partial charge >= 0.3 is 0 Å². The van der Waals surface area contributed by atoms with E-state index in [1.807, 2.05) is 0 Å². The normalized spacial score (nSPS) is 23.6. The summed E-state index contributed by atoms with van der Waals surface area (Å²) in [5, 5.41) is 0. The average Bonchev–Trinajstić information content (AvgIpc) is 2.46. The molecule has 0 aliphatic heterocycles. The van der Waals surface area contributed by atoms with Crippen molar-refractivity contribution in [3.63, 3.8) is 0 Å². The van der Waals surface area contributed by atoms with Crippen LogP contribution in [0.15, 0.2) is 0 Å². The minimum atomic E-state index is 0. The molecule has 2 aliphatic rings. The highest BCUT2D eigenvalue weighted by molar-refractivity contribution is 5.81. The zero-order chi connectivity index (χ0) is 12.8. The van der Waals surface area contributed by atoms with Crippen molar-refractivity contribution in [1.82, 2.24) is 0 Å². The molecule has 1 atom stereocenters. The van der Waals surface area contributed by atoms with Gasteiger partial charge in [-0.05, 0) is 24.7 Å². The van der Waals surface area contributed by atoms with E-state index in [2.05, 4.69) is 6.92 Å². The van der Waals surface area contributed by atoms with E-state index in [0.29, 0.717) is 17.6 Å². The Balaban J connectivity index is 0.00000180. The topological polar surface area (TPSA) is 48.6 Å². The summed E-state index contributed by atoms with van der Waals surface area (Å²) in [7, 11) is 0. The molecule has 2 N–H and O–H groups in total. The van der Waals surface area contributed by atoms with E-state index in [1.165, 1.54) is 70.6 Å². The summed E-state index contributed by atoms with van der Waals surface area (Å²) in [5.41, 5.74) is 0. The van der Waals surface area contributed by atoms with Crippen molar-refractivity contribution >= 4 is 5.78 Å². The lowest BCUT2D eigenvalue weighted by Crippen LogP contribution is -2.25. The van der Waals surface area contributed by atoms with Crippen molar-refractivity contribution in [3.05, 3.63) is 0 Å². The first kappa shape index (κ1) is 16.7. The third-order valence-corrected chi connectivity index (χ3v) is 5.36. The van der Waals surface area contributed by atoms with E-state index in [4.69, 9.17) is 0 Å². The molecule has 2 aliphatic carbocycles. The molecule has 0 spiro atoms. The van der Waals surface area contributed by atoms with Gasteiger partial charge in [0, 0.05) is 12.3 Å². The summed E-state index contributed by atoms with van der Waals surface area (Å²) in [6.07, 6.45) is 15.4. The van der Waals surface area contributed by atoms with Crippen LogP contribution in [-0.4, -0.2) is 11.3 Å². The van der Waals surface area contributed by atoms with Crippen LogP contribution in [0, 0.1) is 17.8 Å². The van der Waals surface area contributed by atoms with E-state index < -0.39 is 0 Å². The number of rotatable bonds is 5. The van der Waals surface area contributed by atoms with Gasteiger partial charge in [0.05, 0.1) is 0 Å². The molecule has 0 aromatic carbocycles. The van der Waals surface area contributed by atoms with Crippen LogP contribution in [0.1, 0.15) is 84.0 Å². The lowest BCUT2D eigenvalue weighted by Gasteiger charge is -2.30. The minimum absolute atomic E-state index is 0. The van der Waals surface area contributed by atoms with Gasteiger partial charge in [-0.1, -0.05) is 64.7 Å². The first-order chi connectivity index (χ1) is 8.81. The quantitative estimate of drug-likeness (QED) is 0.733. The largest absolute Gasteiger partial charge is 0.412 e. The molecule has 0 amide bonds. The van der Waals surface area contributed by atoms with Crippen molar-refractivity contribution in [2.75, 3.05) is 0 Å². The van der Waals surface area contributed by atoms with Gasteiger partial charge in [-0.25, -0.2) is 0 Å². The molecular weight excluding hydrogens is 236 g/mol. The smallest absolute Gasteiger partial charge is 0.136 e. The Bertz CT molecular complexity index is 250. The van der Waals surface area contributed by atoms with E-state index in [1.54, 1.807) is 0 Å². The second-order valence-corrected chi connectivity index (χ2v) is 6.57. The number of carbonyl (C=O) groups is 1. The molecule has 0 bridgehead atoms. The van der Waals surface area contributed by atoms with Gasteiger partial charge in [0.2, 0.25) is 0 Å². The molecule has 112 valence electrons. The third kappa shape index (κ3) is 4.91. The Morgan fingerprint density at radius 1 is 0.947 bits per heavy atom. The zero-order valence-electron chi connectivity index (χ0n) is 12.6. The van der Waals surface area contributed by atoms with Gasteiger partial charge < -0.3 is 5.48 Å². The Morgan fingerprint density at radius 3 is 2.00 bits per heavy atom. The number of carbonyl (C=O) groups excluding carboxylic acids is 1.